The Labute approximate surface area is 204 Å². The van der Waals surface area contributed by atoms with E-state index in [4.69, 9.17) is 22.1 Å². The predicted octanol–water partition coefficient (Wildman–Crippen LogP) is 4.23. The van der Waals surface area contributed by atoms with Crippen LogP contribution in [-0.4, -0.2) is 46.2 Å². The summed E-state index contributed by atoms with van der Waals surface area (Å²) in [6.07, 6.45) is -6.63. The molecule has 1 aromatic carbocycles. The van der Waals surface area contributed by atoms with Gasteiger partial charge in [-0.2, -0.15) is 36.7 Å². The second-order valence-corrected chi connectivity index (χ2v) is 8.40. The molecule has 0 spiro atoms. The first-order valence-electron chi connectivity index (χ1n) is 10.1. The molecule has 2 aliphatic rings. The highest BCUT2D eigenvalue weighted by atomic mass is 35.5. The Bertz CT molecular complexity index is 1360. The number of amides is 1. The van der Waals surface area contributed by atoms with Gasteiger partial charge in [-0.25, -0.2) is 4.68 Å². The summed E-state index contributed by atoms with van der Waals surface area (Å²) in [5.41, 5.74) is 1.76. The summed E-state index contributed by atoms with van der Waals surface area (Å²) in [4.78, 5) is 16.3. The number of nitriles is 1. The minimum atomic E-state index is -6.07. The Morgan fingerprint density at radius 3 is 2.58 bits per heavy atom. The molecule has 1 fully saturated rings. The molecule has 0 saturated heterocycles. The Morgan fingerprint density at radius 1 is 1.36 bits per heavy atom. The zero-order valence-electron chi connectivity index (χ0n) is 18.1. The number of ether oxygens (including phenoxy) is 1. The maximum absolute atomic E-state index is 15.1. The summed E-state index contributed by atoms with van der Waals surface area (Å²) in [5, 5.41) is 15.7. The first-order valence-corrected chi connectivity index (χ1v) is 10.5. The molecule has 1 amide bonds. The van der Waals surface area contributed by atoms with Crippen molar-refractivity contribution >= 4 is 23.3 Å². The molecule has 36 heavy (non-hydrogen) atoms. The molecule has 0 radical (unpaired) electrons. The van der Waals surface area contributed by atoms with Crippen LogP contribution in [0.1, 0.15) is 35.3 Å². The second kappa shape index (κ2) is 8.44. The van der Waals surface area contributed by atoms with Crippen LogP contribution in [-0.2, 0) is 4.74 Å². The molecular formula is C21H15ClF6N6O2. The number of nitrogens with one attached hydrogen (secondary N) is 1. The van der Waals surface area contributed by atoms with Gasteiger partial charge in [0.25, 0.3) is 12.3 Å². The van der Waals surface area contributed by atoms with Crippen LogP contribution in [0.4, 0.5) is 26.3 Å². The lowest BCUT2D eigenvalue weighted by atomic mass is 10.0. The number of carbonyl (C=O) groups is 1. The van der Waals surface area contributed by atoms with E-state index >= 15 is 4.39 Å². The molecule has 1 aliphatic heterocycles. The number of halogens is 7. The summed E-state index contributed by atoms with van der Waals surface area (Å²) >= 11 is 6.13. The minimum absolute atomic E-state index is 0.0102. The molecule has 1 saturated carbocycles. The number of aromatic nitrogens is 2. The molecule has 3 N–H and O–H groups in total. The van der Waals surface area contributed by atoms with Gasteiger partial charge in [0.05, 0.1) is 22.9 Å². The van der Waals surface area contributed by atoms with Gasteiger partial charge in [0.2, 0.25) is 0 Å². The number of nitrogens with two attached hydrogens (primary N) is 1. The van der Waals surface area contributed by atoms with Crippen LogP contribution in [0, 0.1) is 11.3 Å². The Balaban J connectivity index is 1.77. The smallest absolute Gasteiger partial charge is 0.448 e. The molecule has 190 valence electrons. The van der Waals surface area contributed by atoms with Crippen molar-refractivity contribution in [3.63, 3.8) is 0 Å². The first kappa shape index (κ1) is 25.4. The van der Waals surface area contributed by atoms with E-state index in [0.29, 0.717) is 17.5 Å². The third-order valence-electron chi connectivity index (χ3n) is 5.64. The molecule has 1 atom stereocenters. The lowest BCUT2D eigenvalue weighted by molar-refractivity contribution is -0.265. The van der Waals surface area contributed by atoms with Gasteiger partial charge >= 0.3 is 12.1 Å². The number of allylic oxidation sites excluding steroid dienone is 2. The number of rotatable bonds is 4. The number of carbonyl (C=O) groups excluding carboxylic acids is 1. The van der Waals surface area contributed by atoms with E-state index in [9.17, 15) is 32.0 Å². The van der Waals surface area contributed by atoms with Crippen molar-refractivity contribution in [1.82, 2.24) is 15.1 Å². The molecule has 4 rings (SSSR count). The summed E-state index contributed by atoms with van der Waals surface area (Å²) < 4.78 is 86.6. The van der Waals surface area contributed by atoms with Crippen molar-refractivity contribution in [2.75, 3.05) is 7.05 Å². The number of nitrogens with zero attached hydrogens (tertiary/aromatic N) is 4. The van der Waals surface area contributed by atoms with E-state index in [2.05, 4.69) is 15.4 Å². The highest BCUT2D eigenvalue weighted by Crippen LogP contribution is 2.44. The van der Waals surface area contributed by atoms with Crippen molar-refractivity contribution in [2.24, 2.45) is 10.7 Å². The quantitative estimate of drug-likeness (QED) is 0.571. The molecule has 1 aliphatic carbocycles. The number of benzene rings is 1. The van der Waals surface area contributed by atoms with Gasteiger partial charge in [0.15, 0.2) is 11.6 Å². The third-order valence-corrected chi connectivity index (χ3v) is 5.97. The maximum Gasteiger partial charge on any atom is 0.459 e. The standard InChI is InChI=1S/C21H15ClF6N6O2/c1-31-17-14(15(30)20(24,25)21(26,27)28)36-16(23)13-11(7-32-34(13)17)9-2-3-12(22)10(6-9)18(35)33-19(8-29)4-5-19/h2-3,6-7,16H,4-5,30H2,1H3,(H,33,35). The maximum atomic E-state index is 15.1. The van der Waals surface area contributed by atoms with Crippen LogP contribution >= 0.6 is 11.6 Å². The average molecular weight is 533 g/mol. The molecule has 15 heteroatoms. The molecule has 2 heterocycles. The molecule has 1 aromatic heterocycles. The van der Waals surface area contributed by atoms with Crippen LogP contribution in [0.3, 0.4) is 0 Å². The molecule has 0 bridgehead atoms. The van der Waals surface area contributed by atoms with Crippen molar-refractivity contribution in [2.45, 2.75) is 36.8 Å². The SMILES string of the molecule is CN=C1C(=C(N)C(F)(F)C(F)(F)F)OC(F)c2c(-c3ccc(Cl)c(C(=O)NC4(C#N)CC4)c3)cnn21. The second-order valence-electron chi connectivity index (χ2n) is 7.99. The Hall–Kier alpha value is -3.73. The largest absolute Gasteiger partial charge is 0.459 e. The van der Waals surface area contributed by atoms with Crippen molar-refractivity contribution in [3.05, 3.63) is 52.1 Å². The van der Waals surface area contributed by atoms with Gasteiger partial charge in [-0.3, -0.25) is 9.79 Å². The first-order chi connectivity index (χ1) is 16.8. The van der Waals surface area contributed by atoms with Crippen LogP contribution in [0.25, 0.3) is 11.1 Å². The number of alkyl halides is 6. The number of fused-ring (bicyclic) bond motifs is 1. The van der Waals surface area contributed by atoms with E-state index in [0.717, 1.165) is 13.2 Å². The summed E-state index contributed by atoms with van der Waals surface area (Å²) in [5.74, 6) is -8.20. The summed E-state index contributed by atoms with van der Waals surface area (Å²) in [6.45, 7) is 0. The molecular weight excluding hydrogens is 518 g/mol. The highest BCUT2D eigenvalue weighted by Gasteiger charge is 2.61. The molecule has 8 nitrogen and oxygen atoms in total. The van der Waals surface area contributed by atoms with E-state index in [-0.39, 0.29) is 21.7 Å². The van der Waals surface area contributed by atoms with Crippen LogP contribution in [0.2, 0.25) is 5.02 Å². The number of hydrogen-bond donors (Lipinski definition) is 2. The van der Waals surface area contributed by atoms with Gasteiger partial charge in [-0.15, -0.1) is 0 Å². The molecule has 2 aromatic rings. The Morgan fingerprint density at radius 2 is 2.03 bits per heavy atom. The topological polar surface area (TPSA) is 118 Å². The zero-order chi connectivity index (χ0) is 26.6. The van der Waals surface area contributed by atoms with Crippen LogP contribution in [0.15, 0.2) is 40.8 Å². The zero-order valence-corrected chi connectivity index (χ0v) is 18.9. The van der Waals surface area contributed by atoms with E-state index in [1.54, 1.807) is 0 Å². The predicted molar refractivity (Wildman–Crippen MR) is 114 cm³/mol. The van der Waals surface area contributed by atoms with Crippen molar-refractivity contribution in [3.8, 4) is 17.2 Å². The normalized spacial score (nSPS) is 21.3. The van der Waals surface area contributed by atoms with E-state index < -0.39 is 52.9 Å². The summed E-state index contributed by atoms with van der Waals surface area (Å²) in [7, 11) is 1.04. The van der Waals surface area contributed by atoms with Crippen molar-refractivity contribution < 1.29 is 35.9 Å². The summed E-state index contributed by atoms with van der Waals surface area (Å²) in [6, 6.07) is 6.03. The fraction of sp³-hybridized carbons (Fsp3) is 0.333. The lowest BCUT2D eigenvalue weighted by Crippen LogP contribution is -2.44. The fourth-order valence-corrected chi connectivity index (χ4v) is 3.70. The van der Waals surface area contributed by atoms with Crippen molar-refractivity contribution in [1.29, 1.82) is 5.26 Å². The van der Waals surface area contributed by atoms with E-state index in [1.807, 2.05) is 6.07 Å². The fourth-order valence-electron chi connectivity index (χ4n) is 3.49. The van der Waals surface area contributed by atoms with Gasteiger partial charge in [-0.1, -0.05) is 17.7 Å². The number of hydrogen-bond acceptors (Lipinski definition) is 6. The van der Waals surface area contributed by atoms with Crippen LogP contribution in [0.5, 0.6) is 0 Å². The van der Waals surface area contributed by atoms with Gasteiger partial charge in [0, 0.05) is 12.6 Å². The van der Waals surface area contributed by atoms with Gasteiger partial charge in [-0.05, 0) is 30.5 Å². The van der Waals surface area contributed by atoms with Gasteiger partial charge in [0.1, 0.15) is 16.9 Å². The highest BCUT2D eigenvalue weighted by molar-refractivity contribution is 6.34. The van der Waals surface area contributed by atoms with E-state index in [1.165, 1.54) is 18.2 Å². The monoisotopic (exact) mass is 532 g/mol. The number of aliphatic imine (C=N–C) groups is 1. The third kappa shape index (κ3) is 4.02. The average Bonchev–Trinajstić information content (AvgIpc) is 3.44. The van der Waals surface area contributed by atoms with Gasteiger partial charge < -0.3 is 15.8 Å². The molecule has 1 unspecified atom stereocenters. The lowest BCUT2D eigenvalue weighted by Gasteiger charge is -2.28. The minimum Gasteiger partial charge on any atom is -0.448 e. The Kier molecular flexibility index (Phi) is 5.95. The van der Waals surface area contributed by atoms with Crippen LogP contribution < -0.4 is 11.1 Å².